The van der Waals surface area contributed by atoms with Crippen LogP contribution < -0.4 is 5.32 Å². The van der Waals surface area contributed by atoms with Crippen LogP contribution in [0, 0.1) is 0 Å². The first-order chi connectivity index (χ1) is 11.8. The molecule has 0 saturated heterocycles. The normalized spacial score (nSPS) is 20.5. The molecule has 114 valence electrons. The maximum atomic E-state index is 12.5. The summed E-state index contributed by atoms with van der Waals surface area (Å²) in [4.78, 5) is 12.5. The van der Waals surface area contributed by atoms with E-state index in [9.17, 15) is 4.79 Å². The highest BCUT2D eigenvalue weighted by atomic mass is 16.2. The molecular formula is C22H15NO. The molecule has 1 atom stereocenters. The van der Waals surface area contributed by atoms with Crippen molar-refractivity contribution in [1.82, 2.24) is 5.32 Å². The lowest BCUT2D eigenvalue weighted by atomic mass is 9.85. The van der Waals surface area contributed by atoms with Crippen molar-refractivity contribution in [1.29, 1.82) is 0 Å². The highest BCUT2D eigenvalue weighted by Gasteiger charge is 2.47. The number of nitrogens with one attached hydrogen (secondary N) is 1. The fourth-order valence-electron chi connectivity index (χ4n) is 3.96. The molecule has 1 spiro atoms. The van der Waals surface area contributed by atoms with Gasteiger partial charge in [-0.05, 0) is 40.0 Å². The molecule has 1 aliphatic heterocycles. The Morgan fingerprint density at radius 3 is 2.00 bits per heavy atom. The number of hydrogen-bond donors (Lipinski definition) is 1. The summed E-state index contributed by atoms with van der Waals surface area (Å²) in [7, 11) is 0. The van der Waals surface area contributed by atoms with Crippen molar-refractivity contribution in [3.63, 3.8) is 0 Å². The molecule has 1 N–H and O–H groups in total. The van der Waals surface area contributed by atoms with Gasteiger partial charge in [0.25, 0.3) is 5.91 Å². The zero-order valence-electron chi connectivity index (χ0n) is 13.0. The number of amides is 1. The van der Waals surface area contributed by atoms with E-state index in [2.05, 4.69) is 47.8 Å². The Labute approximate surface area is 140 Å². The number of carbonyl (C=O) groups excluding carboxylic acids is 1. The van der Waals surface area contributed by atoms with Gasteiger partial charge in [-0.3, -0.25) is 4.79 Å². The summed E-state index contributed by atoms with van der Waals surface area (Å²) < 4.78 is 0. The molecule has 2 nitrogen and oxygen atoms in total. The number of fused-ring (bicyclic) bond motifs is 4. The standard InChI is InChI=1S/C22H15NO/c24-21-17-11-5-7-13-20(17)22(23-21)14-18(15-8-2-1-3-9-15)16-10-4-6-12-19(16)22/h1-14H,(H,23,24)/t22-/m0/s1. The molecular weight excluding hydrogens is 294 g/mol. The van der Waals surface area contributed by atoms with Crippen LogP contribution in [-0.4, -0.2) is 5.91 Å². The van der Waals surface area contributed by atoms with E-state index in [0.29, 0.717) is 0 Å². The van der Waals surface area contributed by atoms with E-state index in [1.165, 1.54) is 16.7 Å². The van der Waals surface area contributed by atoms with Crippen molar-refractivity contribution in [2.24, 2.45) is 0 Å². The third-order valence-corrected chi connectivity index (χ3v) is 4.99. The number of benzene rings is 3. The van der Waals surface area contributed by atoms with Crippen molar-refractivity contribution in [2.45, 2.75) is 5.54 Å². The van der Waals surface area contributed by atoms with E-state index in [1.807, 2.05) is 42.5 Å². The molecule has 0 fully saturated rings. The summed E-state index contributed by atoms with van der Waals surface area (Å²) in [6, 6.07) is 26.5. The average Bonchev–Trinajstić information content (AvgIpc) is 3.13. The lowest BCUT2D eigenvalue weighted by Gasteiger charge is -2.25. The molecule has 0 aromatic heterocycles. The zero-order chi connectivity index (χ0) is 16.1. The van der Waals surface area contributed by atoms with Gasteiger partial charge >= 0.3 is 0 Å². The van der Waals surface area contributed by atoms with Crippen molar-refractivity contribution >= 4 is 11.5 Å². The number of rotatable bonds is 1. The summed E-state index contributed by atoms with van der Waals surface area (Å²) in [6.07, 6.45) is 2.21. The third kappa shape index (κ3) is 1.63. The molecule has 0 radical (unpaired) electrons. The van der Waals surface area contributed by atoms with Gasteiger partial charge in [0.05, 0.1) is 0 Å². The minimum atomic E-state index is -0.560. The molecule has 2 heteroatoms. The Kier molecular flexibility index (Phi) is 2.60. The van der Waals surface area contributed by atoms with Crippen LogP contribution in [0.5, 0.6) is 0 Å². The van der Waals surface area contributed by atoms with Crippen LogP contribution in [0.15, 0.2) is 84.9 Å². The fourth-order valence-corrected chi connectivity index (χ4v) is 3.96. The van der Waals surface area contributed by atoms with E-state index >= 15 is 0 Å². The van der Waals surface area contributed by atoms with Gasteiger partial charge in [0.1, 0.15) is 5.54 Å². The molecule has 0 bridgehead atoms. The second-order valence-electron chi connectivity index (χ2n) is 6.28. The van der Waals surface area contributed by atoms with E-state index < -0.39 is 5.54 Å². The van der Waals surface area contributed by atoms with Crippen LogP contribution in [0.25, 0.3) is 5.57 Å². The first-order valence-electron chi connectivity index (χ1n) is 8.10. The van der Waals surface area contributed by atoms with Crippen molar-refractivity contribution in [2.75, 3.05) is 0 Å². The molecule has 1 amide bonds. The third-order valence-electron chi connectivity index (χ3n) is 4.99. The SMILES string of the molecule is O=C1N[C@]2(C=C(c3ccccc3)c3ccccc32)c2ccccc21. The molecule has 3 aromatic carbocycles. The summed E-state index contributed by atoms with van der Waals surface area (Å²) in [5.74, 6) is -0.00837. The maximum absolute atomic E-state index is 12.5. The molecule has 24 heavy (non-hydrogen) atoms. The van der Waals surface area contributed by atoms with Gasteiger partial charge in [-0.2, -0.15) is 0 Å². The monoisotopic (exact) mass is 309 g/mol. The summed E-state index contributed by atoms with van der Waals surface area (Å²) >= 11 is 0. The van der Waals surface area contributed by atoms with Crippen LogP contribution in [0.4, 0.5) is 0 Å². The Balaban J connectivity index is 1.83. The number of hydrogen-bond acceptors (Lipinski definition) is 1. The second-order valence-corrected chi connectivity index (χ2v) is 6.28. The Morgan fingerprint density at radius 2 is 1.25 bits per heavy atom. The summed E-state index contributed by atoms with van der Waals surface area (Å²) in [5.41, 5.74) is 5.90. The molecule has 1 heterocycles. The van der Waals surface area contributed by atoms with Crippen molar-refractivity contribution < 1.29 is 4.79 Å². The highest BCUT2D eigenvalue weighted by Crippen LogP contribution is 2.48. The smallest absolute Gasteiger partial charge is 0.252 e. The van der Waals surface area contributed by atoms with E-state index in [1.54, 1.807) is 0 Å². The topological polar surface area (TPSA) is 29.1 Å². The average molecular weight is 309 g/mol. The molecule has 3 aromatic rings. The van der Waals surface area contributed by atoms with Gasteiger partial charge in [-0.25, -0.2) is 0 Å². The zero-order valence-corrected chi connectivity index (χ0v) is 13.0. The van der Waals surface area contributed by atoms with E-state index in [4.69, 9.17) is 0 Å². The van der Waals surface area contributed by atoms with Crippen molar-refractivity contribution in [3.05, 3.63) is 113 Å². The first-order valence-corrected chi connectivity index (χ1v) is 8.10. The van der Waals surface area contributed by atoms with Gasteiger partial charge in [-0.1, -0.05) is 72.8 Å². The van der Waals surface area contributed by atoms with Crippen LogP contribution >= 0.6 is 0 Å². The van der Waals surface area contributed by atoms with Gasteiger partial charge in [0.2, 0.25) is 0 Å². The molecule has 0 unspecified atom stereocenters. The summed E-state index contributed by atoms with van der Waals surface area (Å²) in [5, 5.41) is 3.24. The maximum Gasteiger partial charge on any atom is 0.252 e. The van der Waals surface area contributed by atoms with Crippen LogP contribution in [-0.2, 0) is 5.54 Å². The predicted octanol–water partition coefficient (Wildman–Crippen LogP) is 4.12. The van der Waals surface area contributed by atoms with E-state index in [-0.39, 0.29) is 5.91 Å². The van der Waals surface area contributed by atoms with Crippen molar-refractivity contribution in [3.8, 4) is 0 Å². The predicted molar refractivity (Wildman–Crippen MR) is 94.7 cm³/mol. The Bertz CT molecular complexity index is 1000. The molecule has 1 aliphatic carbocycles. The minimum absolute atomic E-state index is 0.00837. The Morgan fingerprint density at radius 1 is 0.667 bits per heavy atom. The lowest BCUT2D eigenvalue weighted by Crippen LogP contribution is -2.37. The summed E-state index contributed by atoms with van der Waals surface area (Å²) in [6.45, 7) is 0. The van der Waals surface area contributed by atoms with Gasteiger partial charge in [0.15, 0.2) is 0 Å². The van der Waals surface area contributed by atoms with Gasteiger partial charge in [-0.15, -0.1) is 0 Å². The number of carbonyl (C=O) groups is 1. The van der Waals surface area contributed by atoms with Crippen LogP contribution in [0.3, 0.4) is 0 Å². The largest absolute Gasteiger partial charge is 0.335 e. The molecule has 5 rings (SSSR count). The fraction of sp³-hybridized carbons (Fsp3) is 0.0455. The Hall–Kier alpha value is -3.13. The second kappa shape index (κ2) is 4.68. The van der Waals surface area contributed by atoms with Crippen LogP contribution in [0.2, 0.25) is 0 Å². The van der Waals surface area contributed by atoms with Crippen LogP contribution in [0.1, 0.15) is 32.6 Å². The van der Waals surface area contributed by atoms with E-state index in [0.717, 1.165) is 16.7 Å². The highest BCUT2D eigenvalue weighted by molar-refractivity contribution is 6.03. The first kappa shape index (κ1) is 13.3. The quantitative estimate of drug-likeness (QED) is 0.720. The minimum Gasteiger partial charge on any atom is -0.335 e. The van der Waals surface area contributed by atoms with Gasteiger partial charge in [0, 0.05) is 5.56 Å². The molecule has 2 aliphatic rings. The molecule has 0 saturated carbocycles. The lowest BCUT2D eigenvalue weighted by molar-refractivity contribution is 0.0950. The van der Waals surface area contributed by atoms with Gasteiger partial charge < -0.3 is 5.32 Å².